The molecule has 1 unspecified atom stereocenters. The minimum atomic E-state index is -1.09. The summed E-state index contributed by atoms with van der Waals surface area (Å²) >= 11 is 0. The summed E-state index contributed by atoms with van der Waals surface area (Å²) in [6, 6.07) is -0.573. The topological polar surface area (TPSA) is 96.3 Å². The van der Waals surface area contributed by atoms with Gasteiger partial charge in [-0.25, -0.2) is 4.79 Å². The number of hydrogen-bond acceptors (Lipinski definition) is 5. The van der Waals surface area contributed by atoms with Gasteiger partial charge in [-0.15, -0.1) is 0 Å². The number of rotatable bonds is 2. The lowest BCUT2D eigenvalue weighted by Crippen LogP contribution is -2.61. The van der Waals surface area contributed by atoms with Gasteiger partial charge in [-0.3, -0.25) is 9.69 Å². The van der Waals surface area contributed by atoms with Gasteiger partial charge in [-0.2, -0.15) is 0 Å². The third-order valence-corrected chi connectivity index (χ3v) is 4.67. The zero-order chi connectivity index (χ0) is 17.3. The lowest BCUT2D eigenvalue weighted by atomic mass is 9.67. The summed E-state index contributed by atoms with van der Waals surface area (Å²) in [6.07, 6.45) is 0.531. The molecule has 0 radical (unpaired) electrons. The molecule has 0 spiro atoms. The molecule has 0 aromatic carbocycles. The van der Waals surface area contributed by atoms with Crippen LogP contribution in [-0.4, -0.2) is 64.7 Å². The van der Waals surface area contributed by atoms with Crippen molar-refractivity contribution in [2.75, 3.05) is 19.8 Å². The van der Waals surface area contributed by atoms with Crippen LogP contribution in [0, 0.1) is 5.41 Å². The summed E-state index contributed by atoms with van der Waals surface area (Å²) in [5.41, 5.74) is -1.73. The third-order valence-electron chi connectivity index (χ3n) is 4.67. The van der Waals surface area contributed by atoms with Gasteiger partial charge in [-0.1, -0.05) is 0 Å². The summed E-state index contributed by atoms with van der Waals surface area (Å²) in [5.74, 6) is -0.937. The Kier molecular flexibility index (Phi) is 5.20. The van der Waals surface area contributed by atoms with Crippen molar-refractivity contribution in [3.05, 3.63) is 0 Å². The fraction of sp³-hybridized carbons (Fsp3) is 0.875. The number of amides is 1. The monoisotopic (exact) mass is 329 g/mol. The first-order chi connectivity index (χ1) is 10.7. The van der Waals surface area contributed by atoms with Crippen LogP contribution in [0.15, 0.2) is 0 Å². The number of carboxylic acids is 1. The second-order valence-corrected chi connectivity index (χ2v) is 7.46. The number of carbonyl (C=O) groups excluding carboxylic acids is 1. The van der Waals surface area contributed by atoms with Crippen molar-refractivity contribution < 1.29 is 29.3 Å². The molecule has 1 atom stereocenters. The van der Waals surface area contributed by atoms with Gasteiger partial charge in [0.05, 0.1) is 30.8 Å². The van der Waals surface area contributed by atoms with Gasteiger partial charge < -0.3 is 19.7 Å². The van der Waals surface area contributed by atoms with Gasteiger partial charge in [0.1, 0.15) is 5.60 Å². The molecular formula is C16H27NO6. The van der Waals surface area contributed by atoms with E-state index in [1.165, 1.54) is 4.90 Å². The first-order valence-electron chi connectivity index (χ1n) is 8.14. The highest BCUT2D eigenvalue weighted by atomic mass is 16.6. The van der Waals surface area contributed by atoms with Crippen molar-refractivity contribution in [3.8, 4) is 0 Å². The molecule has 132 valence electrons. The van der Waals surface area contributed by atoms with Gasteiger partial charge >= 0.3 is 12.1 Å². The first-order valence-corrected chi connectivity index (χ1v) is 8.14. The molecule has 0 aromatic heterocycles. The molecule has 2 aliphatic rings. The average molecular weight is 329 g/mol. The maximum atomic E-state index is 12.5. The van der Waals surface area contributed by atoms with Crippen molar-refractivity contribution in [2.24, 2.45) is 5.41 Å². The Labute approximate surface area is 136 Å². The molecule has 2 rings (SSSR count). The lowest BCUT2D eigenvalue weighted by Gasteiger charge is -2.47. The van der Waals surface area contributed by atoms with E-state index >= 15 is 0 Å². The number of ether oxygens (including phenoxy) is 2. The van der Waals surface area contributed by atoms with Crippen LogP contribution in [0.2, 0.25) is 0 Å². The number of aliphatic carboxylic acids is 1. The summed E-state index contributed by atoms with van der Waals surface area (Å²) in [7, 11) is 0. The highest BCUT2D eigenvalue weighted by molar-refractivity contribution is 5.78. The molecule has 1 saturated carbocycles. The zero-order valence-corrected chi connectivity index (χ0v) is 14.1. The number of morpholine rings is 1. The quantitative estimate of drug-likeness (QED) is 0.799. The molecule has 1 heterocycles. The van der Waals surface area contributed by atoms with E-state index in [0.29, 0.717) is 38.8 Å². The summed E-state index contributed by atoms with van der Waals surface area (Å²) in [4.78, 5) is 26.0. The maximum Gasteiger partial charge on any atom is 0.410 e. The predicted octanol–water partition coefficient (Wildman–Crippen LogP) is 1.63. The van der Waals surface area contributed by atoms with Crippen molar-refractivity contribution in [3.63, 3.8) is 0 Å². The van der Waals surface area contributed by atoms with E-state index < -0.39 is 35.2 Å². The lowest BCUT2D eigenvalue weighted by molar-refractivity contribution is -0.164. The van der Waals surface area contributed by atoms with E-state index in [-0.39, 0.29) is 6.61 Å². The zero-order valence-electron chi connectivity index (χ0n) is 14.1. The van der Waals surface area contributed by atoms with E-state index in [4.69, 9.17) is 9.47 Å². The molecule has 2 N–H and O–H groups in total. The van der Waals surface area contributed by atoms with Crippen LogP contribution in [0.25, 0.3) is 0 Å². The third kappa shape index (κ3) is 3.95. The van der Waals surface area contributed by atoms with E-state index in [0.717, 1.165) is 0 Å². The number of aliphatic hydroxyl groups excluding tert-OH is 1. The minimum absolute atomic E-state index is 0.182. The molecule has 0 aromatic rings. The van der Waals surface area contributed by atoms with Crippen molar-refractivity contribution >= 4 is 12.1 Å². The molecule has 1 amide bonds. The smallest absolute Gasteiger partial charge is 0.410 e. The summed E-state index contributed by atoms with van der Waals surface area (Å²) in [5, 5.41) is 19.6. The van der Waals surface area contributed by atoms with Crippen LogP contribution in [0.4, 0.5) is 4.79 Å². The Morgan fingerprint density at radius 3 is 2.39 bits per heavy atom. The van der Waals surface area contributed by atoms with Crippen molar-refractivity contribution in [1.29, 1.82) is 0 Å². The predicted molar refractivity (Wildman–Crippen MR) is 82.1 cm³/mol. The van der Waals surface area contributed by atoms with Crippen LogP contribution < -0.4 is 0 Å². The fourth-order valence-electron chi connectivity index (χ4n) is 3.41. The Morgan fingerprint density at radius 1 is 1.26 bits per heavy atom. The number of hydrogen-bond donors (Lipinski definition) is 2. The van der Waals surface area contributed by atoms with Gasteiger partial charge in [0.25, 0.3) is 0 Å². The highest BCUT2D eigenvalue weighted by Gasteiger charge is 2.52. The molecule has 1 aliphatic carbocycles. The van der Waals surface area contributed by atoms with Crippen molar-refractivity contribution in [2.45, 2.75) is 64.2 Å². The molecule has 1 saturated heterocycles. The van der Waals surface area contributed by atoms with E-state index in [1.807, 2.05) is 0 Å². The van der Waals surface area contributed by atoms with Crippen LogP contribution in [0.5, 0.6) is 0 Å². The van der Waals surface area contributed by atoms with Crippen LogP contribution in [0.1, 0.15) is 46.5 Å². The van der Waals surface area contributed by atoms with Gasteiger partial charge in [0.2, 0.25) is 0 Å². The molecule has 7 nitrogen and oxygen atoms in total. The Hall–Kier alpha value is -1.34. The summed E-state index contributed by atoms with van der Waals surface area (Å²) in [6.45, 7) is 6.21. The standard InChI is InChI=1S/C16H27NO6/c1-15(2,3)23-14(21)17-8-9-22-10-12(17)16(13(19)20)6-4-11(18)5-7-16/h11-12,18H,4-10H2,1-3H3,(H,19,20). The van der Waals surface area contributed by atoms with Crippen LogP contribution in [-0.2, 0) is 14.3 Å². The SMILES string of the molecule is CC(C)(C)OC(=O)N1CCOCC1C1(C(=O)O)CCC(O)CC1. The van der Waals surface area contributed by atoms with Crippen molar-refractivity contribution in [1.82, 2.24) is 4.90 Å². The number of carbonyl (C=O) groups is 2. The Morgan fingerprint density at radius 2 is 1.87 bits per heavy atom. The Balaban J connectivity index is 2.24. The largest absolute Gasteiger partial charge is 0.481 e. The van der Waals surface area contributed by atoms with Crippen LogP contribution in [0.3, 0.4) is 0 Å². The molecule has 1 aliphatic heterocycles. The fourth-order valence-corrected chi connectivity index (χ4v) is 3.41. The van der Waals surface area contributed by atoms with E-state index in [2.05, 4.69) is 0 Å². The molecule has 23 heavy (non-hydrogen) atoms. The van der Waals surface area contributed by atoms with Gasteiger partial charge in [0.15, 0.2) is 0 Å². The first kappa shape index (κ1) is 18.0. The highest BCUT2D eigenvalue weighted by Crippen LogP contribution is 2.43. The molecule has 2 fully saturated rings. The normalized spacial score (nSPS) is 32.4. The number of aliphatic hydroxyl groups is 1. The maximum absolute atomic E-state index is 12.5. The summed E-state index contributed by atoms with van der Waals surface area (Å²) < 4.78 is 10.9. The molecule has 7 heteroatoms. The van der Waals surface area contributed by atoms with E-state index in [9.17, 15) is 19.8 Å². The van der Waals surface area contributed by atoms with E-state index in [1.54, 1.807) is 20.8 Å². The van der Waals surface area contributed by atoms with Gasteiger partial charge in [0, 0.05) is 6.54 Å². The Bertz CT molecular complexity index is 450. The number of carboxylic acid groups (broad SMARTS) is 1. The second kappa shape index (κ2) is 6.65. The molecule has 0 bridgehead atoms. The number of nitrogens with zero attached hydrogens (tertiary/aromatic N) is 1. The second-order valence-electron chi connectivity index (χ2n) is 7.46. The van der Waals surface area contributed by atoms with Crippen LogP contribution >= 0.6 is 0 Å². The molecular weight excluding hydrogens is 302 g/mol. The average Bonchev–Trinajstić information content (AvgIpc) is 2.46. The van der Waals surface area contributed by atoms with Gasteiger partial charge in [-0.05, 0) is 46.5 Å². The minimum Gasteiger partial charge on any atom is -0.481 e.